The van der Waals surface area contributed by atoms with Crippen LogP contribution in [0, 0.1) is 0 Å². The van der Waals surface area contributed by atoms with Gasteiger partial charge in [-0.2, -0.15) is 0 Å². The van der Waals surface area contributed by atoms with Crippen molar-refractivity contribution < 1.29 is 4.79 Å². The molecule has 1 fully saturated rings. The van der Waals surface area contributed by atoms with E-state index in [2.05, 4.69) is 50.4 Å². The lowest BCUT2D eigenvalue weighted by atomic mass is 10.0. The van der Waals surface area contributed by atoms with Gasteiger partial charge in [0.05, 0.1) is 0 Å². The SMILES string of the molecule is NCCCC(=O)NC1CCN(Cc2ccc(Br)cc2)CC1. The van der Waals surface area contributed by atoms with Crippen molar-refractivity contribution in [1.29, 1.82) is 0 Å². The molecule has 0 bridgehead atoms. The maximum Gasteiger partial charge on any atom is 0.220 e. The third-order valence-corrected chi connectivity index (χ3v) is 4.41. The van der Waals surface area contributed by atoms with E-state index in [1.807, 2.05) is 0 Å². The lowest BCUT2D eigenvalue weighted by Gasteiger charge is -2.32. The van der Waals surface area contributed by atoms with Crippen LogP contribution in [0.3, 0.4) is 0 Å². The lowest BCUT2D eigenvalue weighted by molar-refractivity contribution is -0.122. The Balaban J connectivity index is 1.70. The first-order valence-corrected chi connectivity index (χ1v) is 8.43. The maximum absolute atomic E-state index is 11.7. The first kappa shape index (κ1) is 16.5. The molecule has 116 valence electrons. The molecule has 0 radical (unpaired) electrons. The quantitative estimate of drug-likeness (QED) is 0.824. The van der Waals surface area contributed by atoms with Crippen molar-refractivity contribution in [2.75, 3.05) is 19.6 Å². The van der Waals surface area contributed by atoms with Gasteiger partial charge in [-0.15, -0.1) is 0 Å². The van der Waals surface area contributed by atoms with Crippen LogP contribution in [0.4, 0.5) is 0 Å². The van der Waals surface area contributed by atoms with E-state index >= 15 is 0 Å². The number of rotatable bonds is 6. The van der Waals surface area contributed by atoms with Gasteiger partial charge in [0.2, 0.25) is 5.91 Å². The van der Waals surface area contributed by atoms with Gasteiger partial charge < -0.3 is 11.1 Å². The number of carbonyl (C=O) groups is 1. The molecule has 0 atom stereocenters. The second kappa shape index (κ2) is 8.51. The maximum atomic E-state index is 11.7. The summed E-state index contributed by atoms with van der Waals surface area (Å²) in [7, 11) is 0. The summed E-state index contributed by atoms with van der Waals surface area (Å²) >= 11 is 3.46. The molecule has 1 heterocycles. The summed E-state index contributed by atoms with van der Waals surface area (Å²) in [5.74, 6) is 0.145. The number of likely N-dealkylation sites (tertiary alicyclic amines) is 1. The first-order valence-electron chi connectivity index (χ1n) is 7.63. The molecule has 21 heavy (non-hydrogen) atoms. The lowest BCUT2D eigenvalue weighted by Crippen LogP contribution is -2.44. The summed E-state index contributed by atoms with van der Waals surface area (Å²) in [5.41, 5.74) is 6.76. The number of nitrogens with zero attached hydrogens (tertiary/aromatic N) is 1. The van der Waals surface area contributed by atoms with Crippen molar-refractivity contribution in [3.05, 3.63) is 34.3 Å². The van der Waals surface area contributed by atoms with E-state index in [1.165, 1.54) is 5.56 Å². The number of nitrogens with one attached hydrogen (secondary N) is 1. The Hall–Kier alpha value is -0.910. The topological polar surface area (TPSA) is 58.4 Å². The summed E-state index contributed by atoms with van der Waals surface area (Å²) in [4.78, 5) is 14.1. The Labute approximate surface area is 135 Å². The number of carbonyl (C=O) groups excluding carboxylic acids is 1. The predicted octanol–water partition coefficient (Wildman–Crippen LogP) is 2.27. The Morgan fingerprint density at radius 2 is 1.95 bits per heavy atom. The van der Waals surface area contributed by atoms with Gasteiger partial charge in [0, 0.05) is 36.6 Å². The largest absolute Gasteiger partial charge is 0.353 e. The van der Waals surface area contributed by atoms with Gasteiger partial charge >= 0.3 is 0 Å². The normalized spacial score (nSPS) is 16.9. The highest BCUT2D eigenvalue weighted by atomic mass is 79.9. The molecule has 0 saturated carbocycles. The van der Waals surface area contributed by atoms with E-state index in [0.717, 1.165) is 43.4 Å². The van der Waals surface area contributed by atoms with Crippen LogP contribution >= 0.6 is 15.9 Å². The zero-order valence-corrected chi connectivity index (χ0v) is 13.9. The van der Waals surface area contributed by atoms with E-state index in [4.69, 9.17) is 5.73 Å². The summed E-state index contributed by atoms with van der Waals surface area (Å²) < 4.78 is 1.12. The standard InChI is InChI=1S/C16H24BrN3O/c17-14-5-3-13(4-6-14)12-20-10-7-15(8-11-20)19-16(21)2-1-9-18/h3-6,15H,1-2,7-12,18H2,(H,19,21). The molecule has 1 aliphatic heterocycles. The van der Waals surface area contributed by atoms with Crippen LogP contribution in [0.25, 0.3) is 0 Å². The highest BCUT2D eigenvalue weighted by Gasteiger charge is 2.20. The molecule has 3 N–H and O–H groups in total. The number of hydrogen-bond donors (Lipinski definition) is 2. The Kier molecular flexibility index (Phi) is 6.67. The zero-order valence-electron chi connectivity index (χ0n) is 12.4. The average Bonchev–Trinajstić information content (AvgIpc) is 2.49. The molecule has 4 nitrogen and oxygen atoms in total. The third kappa shape index (κ3) is 5.77. The highest BCUT2D eigenvalue weighted by molar-refractivity contribution is 9.10. The second-order valence-electron chi connectivity index (χ2n) is 5.64. The summed E-state index contributed by atoms with van der Waals surface area (Å²) in [5, 5.41) is 3.12. The van der Waals surface area contributed by atoms with Crippen LogP contribution in [0.5, 0.6) is 0 Å². The monoisotopic (exact) mass is 353 g/mol. The molecular formula is C16H24BrN3O. The van der Waals surface area contributed by atoms with Gasteiger partial charge in [0.1, 0.15) is 0 Å². The Morgan fingerprint density at radius 1 is 1.29 bits per heavy atom. The number of halogens is 1. The van der Waals surface area contributed by atoms with E-state index in [-0.39, 0.29) is 5.91 Å². The van der Waals surface area contributed by atoms with Crippen LogP contribution in [-0.4, -0.2) is 36.5 Å². The molecule has 0 spiro atoms. The minimum atomic E-state index is 0.145. The summed E-state index contributed by atoms with van der Waals surface area (Å²) in [6.45, 7) is 3.65. The van der Waals surface area contributed by atoms with Crippen molar-refractivity contribution in [3.8, 4) is 0 Å². The smallest absolute Gasteiger partial charge is 0.220 e. The molecule has 0 aliphatic carbocycles. The van der Waals surface area contributed by atoms with Crippen LogP contribution in [0.2, 0.25) is 0 Å². The van der Waals surface area contributed by atoms with E-state index in [9.17, 15) is 4.79 Å². The number of piperidine rings is 1. The fourth-order valence-electron chi connectivity index (χ4n) is 2.65. The van der Waals surface area contributed by atoms with Crippen molar-refractivity contribution in [3.63, 3.8) is 0 Å². The molecule has 1 aliphatic rings. The van der Waals surface area contributed by atoms with Gasteiger partial charge in [0.15, 0.2) is 0 Å². The van der Waals surface area contributed by atoms with Crippen LogP contribution in [0.15, 0.2) is 28.7 Å². The van der Waals surface area contributed by atoms with Crippen LogP contribution < -0.4 is 11.1 Å². The van der Waals surface area contributed by atoms with Gasteiger partial charge in [0.25, 0.3) is 0 Å². The number of benzene rings is 1. The van der Waals surface area contributed by atoms with Gasteiger partial charge in [-0.3, -0.25) is 9.69 Å². The second-order valence-corrected chi connectivity index (χ2v) is 6.55. The number of nitrogens with two attached hydrogens (primary N) is 1. The van der Waals surface area contributed by atoms with Crippen molar-refractivity contribution >= 4 is 21.8 Å². The summed E-state index contributed by atoms with van der Waals surface area (Å²) in [6.07, 6.45) is 3.39. The molecule has 1 saturated heterocycles. The Morgan fingerprint density at radius 3 is 2.57 bits per heavy atom. The van der Waals surface area contributed by atoms with E-state index < -0.39 is 0 Å². The van der Waals surface area contributed by atoms with Gasteiger partial charge in [-0.1, -0.05) is 28.1 Å². The molecule has 5 heteroatoms. The van der Waals surface area contributed by atoms with Crippen molar-refractivity contribution in [1.82, 2.24) is 10.2 Å². The molecular weight excluding hydrogens is 330 g/mol. The summed E-state index contributed by atoms with van der Waals surface area (Å²) in [6, 6.07) is 8.81. The zero-order chi connectivity index (χ0) is 15.1. The molecule has 1 aromatic carbocycles. The van der Waals surface area contributed by atoms with Gasteiger partial charge in [-0.05, 0) is 43.5 Å². The Bertz CT molecular complexity index is 441. The number of amides is 1. The van der Waals surface area contributed by atoms with E-state index in [1.54, 1.807) is 0 Å². The van der Waals surface area contributed by atoms with Crippen LogP contribution in [0.1, 0.15) is 31.2 Å². The molecule has 1 amide bonds. The fourth-order valence-corrected chi connectivity index (χ4v) is 2.91. The molecule has 0 unspecified atom stereocenters. The average molecular weight is 354 g/mol. The molecule has 2 rings (SSSR count). The van der Waals surface area contributed by atoms with Gasteiger partial charge in [-0.25, -0.2) is 0 Å². The minimum absolute atomic E-state index is 0.145. The molecule has 0 aromatic heterocycles. The minimum Gasteiger partial charge on any atom is -0.353 e. The van der Waals surface area contributed by atoms with E-state index in [0.29, 0.717) is 19.0 Å². The highest BCUT2D eigenvalue weighted by Crippen LogP contribution is 2.16. The first-order chi connectivity index (χ1) is 10.2. The van der Waals surface area contributed by atoms with Crippen molar-refractivity contribution in [2.45, 2.75) is 38.3 Å². The third-order valence-electron chi connectivity index (χ3n) is 3.88. The predicted molar refractivity (Wildman–Crippen MR) is 88.9 cm³/mol. The fraction of sp³-hybridized carbons (Fsp3) is 0.562. The number of hydrogen-bond acceptors (Lipinski definition) is 3. The molecule has 1 aromatic rings. The van der Waals surface area contributed by atoms with Crippen molar-refractivity contribution in [2.24, 2.45) is 5.73 Å². The van der Waals surface area contributed by atoms with Crippen LogP contribution in [-0.2, 0) is 11.3 Å².